The molecule has 17 heavy (non-hydrogen) atoms. The molecule has 0 heterocycles. The molecule has 1 aliphatic carbocycles. The van der Waals surface area contributed by atoms with Crippen LogP contribution in [0.15, 0.2) is 24.3 Å². The van der Waals surface area contributed by atoms with E-state index in [-0.39, 0.29) is 12.8 Å². The van der Waals surface area contributed by atoms with Gasteiger partial charge in [0.2, 0.25) is 0 Å². The Kier molecular flexibility index (Phi) is 2.60. The lowest BCUT2D eigenvalue weighted by Crippen LogP contribution is -2.55. The highest BCUT2D eigenvalue weighted by molar-refractivity contribution is 5.84. The monoisotopic (exact) mass is 238 g/mol. The molecule has 1 saturated carbocycles. The van der Waals surface area contributed by atoms with E-state index in [0.717, 1.165) is 0 Å². The summed E-state index contributed by atoms with van der Waals surface area (Å²) >= 11 is 0. The molecule has 0 amide bonds. The Morgan fingerprint density at radius 3 is 2.47 bits per heavy atom. The van der Waals surface area contributed by atoms with Crippen molar-refractivity contribution in [2.45, 2.75) is 30.8 Å². The van der Waals surface area contributed by atoms with E-state index in [1.807, 2.05) is 0 Å². The molecular weight excluding hydrogens is 223 g/mol. The summed E-state index contributed by atoms with van der Waals surface area (Å²) in [4.78, 5) is 11.4. The Balaban J connectivity index is 2.46. The van der Waals surface area contributed by atoms with Gasteiger partial charge in [0, 0.05) is 18.4 Å². The number of methoxy groups -OCH3 is 1. The third kappa shape index (κ3) is 1.77. The number of halogens is 1. The number of para-hydroxylation sites is 1. The summed E-state index contributed by atoms with van der Waals surface area (Å²) in [6, 6.07) is 6.91. The summed E-state index contributed by atoms with van der Waals surface area (Å²) in [5, 5.41) is 9.37. The molecule has 1 aromatic carbocycles. The summed E-state index contributed by atoms with van der Waals surface area (Å²) in [6.45, 7) is 1.43. The van der Waals surface area contributed by atoms with Crippen LogP contribution in [0, 0.1) is 0 Å². The zero-order chi connectivity index (χ0) is 12.7. The van der Waals surface area contributed by atoms with Crippen molar-refractivity contribution >= 4 is 5.97 Å². The smallest absolute Gasteiger partial charge is 0.314 e. The molecule has 0 aromatic heterocycles. The number of alkyl halides is 1. The molecule has 92 valence electrons. The van der Waals surface area contributed by atoms with E-state index in [0.29, 0.717) is 11.3 Å². The zero-order valence-corrected chi connectivity index (χ0v) is 9.87. The van der Waals surface area contributed by atoms with Gasteiger partial charge in [-0.25, -0.2) is 4.39 Å². The lowest BCUT2D eigenvalue weighted by Gasteiger charge is -2.47. The van der Waals surface area contributed by atoms with Gasteiger partial charge in [0.25, 0.3) is 0 Å². The quantitative estimate of drug-likeness (QED) is 0.880. The van der Waals surface area contributed by atoms with E-state index in [1.54, 1.807) is 24.3 Å². The van der Waals surface area contributed by atoms with Crippen molar-refractivity contribution in [1.82, 2.24) is 0 Å². The largest absolute Gasteiger partial charge is 0.496 e. The molecule has 1 aromatic rings. The minimum absolute atomic E-state index is 0.00426. The van der Waals surface area contributed by atoms with Crippen molar-refractivity contribution in [2.24, 2.45) is 0 Å². The van der Waals surface area contributed by atoms with Gasteiger partial charge in [-0.1, -0.05) is 18.2 Å². The summed E-state index contributed by atoms with van der Waals surface area (Å²) in [7, 11) is 1.49. The van der Waals surface area contributed by atoms with E-state index in [1.165, 1.54) is 14.0 Å². The second-order valence-electron chi connectivity index (χ2n) is 4.85. The zero-order valence-electron chi connectivity index (χ0n) is 9.87. The average Bonchev–Trinajstić information content (AvgIpc) is 2.25. The molecule has 0 atom stereocenters. The first kappa shape index (κ1) is 11.9. The maximum absolute atomic E-state index is 13.7. The molecule has 0 unspecified atom stereocenters. The maximum Gasteiger partial charge on any atom is 0.314 e. The average molecular weight is 238 g/mol. The molecule has 0 aliphatic heterocycles. The van der Waals surface area contributed by atoms with Gasteiger partial charge in [0.05, 0.1) is 7.11 Å². The third-order valence-corrected chi connectivity index (χ3v) is 3.37. The summed E-state index contributed by atoms with van der Waals surface area (Å²) in [5.41, 5.74) is -1.99. The van der Waals surface area contributed by atoms with Gasteiger partial charge < -0.3 is 9.84 Å². The molecule has 0 bridgehead atoms. The van der Waals surface area contributed by atoms with Gasteiger partial charge in [0.1, 0.15) is 16.8 Å². The first-order valence-corrected chi connectivity index (χ1v) is 5.47. The number of carboxylic acid groups (broad SMARTS) is 1. The minimum Gasteiger partial charge on any atom is -0.496 e. The summed E-state index contributed by atoms with van der Waals surface area (Å²) < 4.78 is 18.8. The number of hydrogen-bond donors (Lipinski definition) is 1. The Labute approximate surface area is 99.2 Å². The Morgan fingerprint density at radius 1 is 1.41 bits per heavy atom. The SMILES string of the molecule is COc1ccccc1C1(C(=O)O)CC(C)(F)C1. The number of carbonyl (C=O) groups is 1. The van der Waals surface area contributed by atoms with Gasteiger partial charge in [-0.05, 0) is 13.0 Å². The van der Waals surface area contributed by atoms with Crippen LogP contribution in [0.4, 0.5) is 4.39 Å². The Hall–Kier alpha value is -1.58. The van der Waals surface area contributed by atoms with E-state index < -0.39 is 17.1 Å². The first-order valence-electron chi connectivity index (χ1n) is 5.47. The molecule has 1 aliphatic rings. The standard InChI is InChI=1S/C13H15FO3/c1-12(14)7-13(8-12,11(15)16)9-5-3-4-6-10(9)17-2/h3-6H,7-8H2,1-2H3,(H,15,16). The summed E-state index contributed by atoms with van der Waals surface area (Å²) in [5.74, 6) is -0.484. The van der Waals surface area contributed by atoms with Gasteiger partial charge in [-0.15, -0.1) is 0 Å². The van der Waals surface area contributed by atoms with E-state index in [9.17, 15) is 14.3 Å². The minimum atomic E-state index is -1.40. The lowest BCUT2D eigenvalue weighted by atomic mass is 9.57. The number of rotatable bonds is 3. The van der Waals surface area contributed by atoms with E-state index >= 15 is 0 Å². The van der Waals surface area contributed by atoms with Crippen molar-refractivity contribution in [2.75, 3.05) is 7.11 Å². The molecule has 3 nitrogen and oxygen atoms in total. The van der Waals surface area contributed by atoms with Gasteiger partial charge in [-0.3, -0.25) is 4.79 Å². The van der Waals surface area contributed by atoms with Crippen molar-refractivity contribution in [1.29, 1.82) is 0 Å². The van der Waals surface area contributed by atoms with Crippen LogP contribution in [0.3, 0.4) is 0 Å². The van der Waals surface area contributed by atoms with E-state index in [4.69, 9.17) is 4.74 Å². The molecule has 2 rings (SSSR count). The fraction of sp³-hybridized carbons (Fsp3) is 0.462. The second-order valence-corrected chi connectivity index (χ2v) is 4.85. The molecule has 1 N–H and O–H groups in total. The van der Waals surface area contributed by atoms with Gasteiger partial charge >= 0.3 is 5.97 Å². The molecule has 0 radical (unpaired) electrons. The number of hydrogen-bond acceptors (Lipinski definition) is 2. The topological polar surface area (TPSA) is 46.5 Å². The van der Waals surface area contributed by atoms with Crippen LogP contribution in [-0.4, -0.2) is 23.9 Å². The Bertz CT molecular complexity index is 446. The highest BCUT2D eigenvalue weighted by Gasteiger charge is 2.59. The Morgan fingerprint density at radius 2 is 2.00 bits per heavy atom. The van der Waals surface area contributed by atoms with Crippen LogP contribution in [0.5, 0.6) is 5.75 Å². The summed E-state index contributed by atoms with van der Waals surface area (Å²) in [6.07, 6.45) is -0.00852. The highest BCUT2D eigenvalue weighted by Crippen LogP contribution is 2.54. The van der Waals surface area contributed by atoms with E-state index in [2.05, 4.69) is 0 Å². The molecule has 1 fully saturated rings. The van der Waals surface area contributed by atoms with Gasteiger partial charge in [-0.2, -0.15) is 0 Å². The predicted molar refractivity (Wildman–Crippen MR) is 61.1 cm³/mol. The molecule has 4 heteroatoms. The van der Waals surface area contributed by atoms with Crippen molar-refractivity contribution in [3.63, 3.8) is 0 Å². The van der Waals surface area contributed by atoms with Crippen molar-refractivity contribution in [3.8, 4) is 5.75 Å². The predicted octanol–water partition coefficient (Wildman–Crippen LogP) is 2.54. The fourth-order valence-corrected chi connectivity index (χ4v) is 2.70. The highest BCUT2D eigenvalue weighted by atomic mass is 19.1. The third-order valence-electron chi connectivity index (χ3n) is 3.37. The molecular formula is C13H15FO3. The number of benzene rings is 1. The fourth-order valence-electron chi connectivity index (χ4n) is 2.70. The molecule has 0 saturated heterocycles. The number of ether oxygens (including phenoxy) is 1. The van der Waals surface area contributed by atoms with Gasteiger partial charge in [0.15, 0.2) is 0 Å². The van der Waals surface area contributed by atoms with Crippen molar-refractivity contribution < 1.29 is 19.0 Å². The van der Waals surface area contributed by atoms with Crippen LogP contribution in [0.2, 0.25) is 0 Å². The van der Waals surface area contributed by atoms with Crippen molar-refractivity contribution in [3.05, 3.63) is 29.8 Å². The molecule has 0 spiro atoms. The normalized spacial score (nSPS) is 31.7. The van der Waals surface area contributed by atoms with Crippen LogP contribution >= 0.6 is 0 Å². The lowest BCUT2D eigenvalue weighted by molar-refractivity contribution is -0.155. The van der Waals surface area contributed by atoms with Crippen LogP contribution in [-0.2, 0) is 10.2 Å². The number of aliphatic carboxylic acids is 1. The maximum atomic E-state index is 13.7. The van der Waals surface area contributed by atoms with Crippen LogP contribution in [0.25, 0.3) is 0 Å². The van der Waals surface area contributed by atoms with Crippen LogP contribution in [0.1, 0.15) is 25.3 Å². The second kappa shape index (κ2) is 3.72. The number of carboxylic acids is 1. The van der Waals surface area contributed by atoms with Crippen LogP contribution < -0.4 is 4.74 Å². The first-order chi connectivity index (χ1) is 7.91.